The maximum absolute atomic E-state index is 14.5. The van der Waals surface area contributed by atoms with E-state index in [0.29, 0.717) is 12.3 Å². The van der Waals surface area contributed by atoms with E-state index < -0.39 is 28.5 Å². The van der Waals surface area contributed by atoms with Crippen molar-refractivity contribution in [2.75, 3.05) is 24.5 Å². The van der Waals surface area contributed by atoms with Crippen LogP contribution in [0.3, 0.4) is 0 Å². The Balaban J connectivity index is 1.81. The van der Waals surface area contributed by atoms with Crippen molar-refractivity contribution in [3.8, 4) is 5.75 Å². The highest BCUT2D eigenvalue weighted by molar-refractivity contribution is 7.92. The van der Waals surface area contributed by atoms with Crippen LogP contribution >= 0.6 is 0 Å². The topological polar surface area (TPSA) is 96.0 Å². The molecule has 0 saturated carbocycles. The number of carbonyl (C=O) groups excluding carboxylic acids is 2. The van der Waals surface area contributed by atoms with Gasteiger partial charge in [0, 0.05) is 25.6 Å². The highest BCUT2D eigenvalue weighted by atomic mass is 32.2. The minimum atomic E-state index is -4.19. The number of benzene rings is 4. The standard InChI is InChI=1S/C36H41N3O5S/c1-5-21-37-36(41)34(23-29-12-7-6-8-13-29)38(25-30-14-9-11-28(3)22-30)35(40)26-39(31-15-10-16-32(24-31)44-4)45(42,43)33-19-17-27(2)18-20-33/h6-20,22,24,34H,5,21,23,25-26H2,1-4H3,(H,37,41)/t34-/m1/s1. The van der Waals surface area contributed by atoms with Crippen LogP contribution in [0.25, 0.3) is 0 Å². The molecule has 4 rings (SSSR count). The summed E-state index contributed by atoms with van der Waals surface area (Å²) in [6.45, 7) is 5.84. The van der Waals surface area contributed by atoms with E-state index in [1.165, 1.54) is 24.1 Å². The molecule has 0 heterocycles. The molecule has 1 N–H and O–H groups in total. The summed E-state index contributed by atoms with van der Waals surface area (Å²) >= 11 is 0. The molecule has 0 spiro atoms. The third kappa shape index (κ3) is 8.73. The van der Waals surface area contributed by atoms with Gasteiger partial charge in [-0.1, -0.05) is 90.8 Å². The molecule has 0 bridgehead atoms. The molecule has 0 saturated heterocycles. The van der Waals surface area contributed by atoms with Gasteiger partial charge in [0.25, 0.3) is 10.0 Å². The number of sulfonamides is 1. The van der Waals surface area contributed by atoms with Gasteiger partial charge in [0.05, 0.1) is 17.7 Å². The van der Waals surface area contributed by atoms with Gasteiger partial charge in [0.1, 0.15) is 18.3 Å². The van der Waals surface area contributed by atoms with Crippen LogP contribution in [-0.4, -0.2) is 51.4 Å². The van der Waals surface area contributed by atoms with Gasteiger partial charge in [0.15, 0.2) is 0 Å². The lowest BCUT2D eigenvalue weighted by Gasteiger charge is -2.34. The van der Waals surface area contributed by atoms with E-state index in [4.69, 9.17) is 4.74 Å². The van der Waals surface area contributed by atoms with Crippen LogP contribution in [0.4, 0.5) is 5.69 Å². The van der Waals surface area contributed by atoms with Gasteiger partial charge in [0.2, 0.25) is 11.8 Å². The molecule has 8 nitrogen and oxygen atoms in total. The summed E-state index contributed by atoms with van der Waals surface area (Å²) in [5.41, 5.74) is 3.90. The highest BCUT2D eigenvalue weighted by Gasteiger charge is 2.34. The molecule has 4 aromatic rings. The van der Waals surface area contributed by atoms with E-state index in [-0.39, 0.29) is 29.5 Å². The average molecular weight is 628 g/mol. The molecular formula is C36H41N3O5S. The third-order valence-corrected chi connectivity index (χ3v) is 9.27. The minimum absolute atomic E-state index is 0.0514. The zero-order chi connectivity index (χ0) is 32.4. The lowest BCUT2D eigenvalue weighted by molar-refractivity contribution is -0.140. The fraction of sp³-hybridized carbons (Fsp3) is 0.278. The number of hydrogen-bond acceptors (Lipinski definition) is 5. The average Bonchev–Trinajstić information content (AvgIpc) is 3.04. The van der Waals surface area contributed by atoms with Crippen molar-refractivity contribution in [3.05, 3.63) is 125 Å². The largest absolute Gasteiger partial charge is 0.497 e. The van der Waals surface area contributed by atoms with Gasteiger partial charge in [-0.2, -0.15) is 0 Å². The number of nitrogens with zero attached hydrogens (tertiary/aromatic N) is 2. The minimum Gasteiger partial charge on any atom is -0.497 e. The first-order valence-corrected chi connectivity index (χ1v) is 16.5. The number of nitrogens with one attached hydrogen (secondary N) is 1. The van der Waals surface area contributed by atoms with E-state index in [2.05, 4.69) is 5.32 Å². The van der Waals surface area contributed by atoms with Gasteiger partial charge in [-0.25, -0.2) is 8.42 Å². The fourth-order valence-corrected chi connectivity index (χ4v) is 6.46. The van der Waals surface area contributed by atoms with Crippen LogP contribution in [0.15, 0.2) is 108 Å². The second-order valence-electron chi connectivity index (χ2n) is 11.0. The molecule has 0 aliphatic heterocycles. The fourth-order valence-electron chi connectivity index (χ4n) is 5.06. The lowest BCUT2D eigenvalue weighted by atomic mass is 10.0. The van der Waals surface area contributed by atoms with Crippen LogP contribution in [0.2, 0.25) is 0 Å². The van der Waals surface area contributed by atoms with E-state index in [9.17, 15) is 18.0 Å². The van der Waals surface area contributed by atoms with E-state index >= 15 is 0 Å². The number of ether oxygens (including phenoxy) is 1. The monoisotopic (exact) mass is 627 g/mol. The Bertz CT molecular complexity index is 1690. The number of methoxy groups -OCH3 is 1. The molecular weight excluding hydrogens is 586 g/mol. The van der Waals surface area contributed by atoms with Gasteiger partial charge in [-0.15, -0.1) is 0 Å². The first-order chi connectivity index (χ1) is 21.6. The quantitative estimate of drug-likeness (QED) is 0.194. The van der Waals surface area contributed by atoms with Gasteiger partial charge >= 0.3 is 0 Å². The number of hydrogen-bond donors (Lipinski definition) is 1. The highest BCUT2D eigenvalue weighted by Crippen LogP contribution is 2.28. The first kappa shape index (κ1) is 33.3. The van der Waals surface area contributed by atoms with Crippen LogP contribution in [-0.2, 0) is 32.6 Å². The molecule has 0 aliphatic rings. The third-order valence-electron chi connectivity index (χ3n) is 7.48. The zero-order valence-corrected chi connectivity index (χ0v) is 27.1. The number of amides is 2. The van der Waals surface area contributed by atoms with Crippen molar-refractivity contribution >= 4 is 27.5 Å². The summed E-state index contributed by atoms with van der Waals surface area (Å²) in [7, 11) is -2.70. The number of carbonyl (C=O) groups is 2. The smallest absolute Gasteiger partial charge is 0.264 e. The maximum Gasteiger partial charge on any atom is 0.264 e. The Morgan fingerprint density at radius 3 is 2.18 bits per heavy atom. The second-order valence-corrected chi connectivity index (χ2v) is 12.9. The molecule has 0 aliphatic carbocycles. The summed E-state index contributed by atoms with van der Waals surface area (Å²) in [4.78, 5) is 29.8. The molecule has 45 heavy (non-hydrogen) atoms. The van der Waals surface area contributed by atoms with Gasteiger partial charge < -0.3 is 15.0 Å². The van der Waals surface area contributed by atoms with Crippen LogP contribution in [0.1, 0.15) is 35.6 Å². The van der Waals surface area contributed by atoms with Crippen LogP contribution in [0, 0.1) is 13.8 Å². The number of aryl methyl sites for hydroxylation is 2. The first-order valence-electron chi connectivity index (χ1n) is 15.0. The molecule has 9 heteroatoms. The van der Waals surface area contributed by atoms with Crippen LogP contribution < -0.4 is 14.4 Å². The van der Waals surface area contributed by atoms with Crippen molar-refractivity contribution in [3.63, 3.8) is 0 Å². The normalized spacial score (nSPS) is 11.8. The molecule has 4 aromatic carbocycles. The van der Waals surface area contributed by atoms with Crippen molar-refractivity contribution < 1.29 is 22.7 Å². The van der Waals surface area contributed by atoms with Gasteiger partial charge in [-0.3, -0.25) is 13.9 Å². The Morgan fingerprint density at radius 2 is 1.51 bits per heavy atom. The Kier molecular flexibility index (Phi) is 11.4. The van der Waals surface area contributed by atoms with Gasteiger partial charge in [-0.05, 0) is 55.7 Å². The van der Waals surface area contributed by atoms with Crippen LogP contribution in [0.5, 0.6) is 5.75 Å². The molecule has 0 unspecified atom stereocenters. The molecule has 2 amide bonds. The Morgan fingerprint density at radius 1 is 0.822 bits per heavy atom. The summed E-state index contributed by atoms with van der Waals surface area (Å²) in [6.07, 6.45) is 0.992. The number of rotatable bonds is 14. The summed E-state index contributed by atoms with van der Waals surface area (Å²) in [5, 5.41) is 2.97. The second kappa shape index (κ2) is 15.4. The van der Waals surface area contributed by atoms with E-state index in [1.807, 2.05) is 75.4 Å². The van der Waals surface area contributed by atoms with Crippen molar-refractivity contribution in [2.24, 2.45) is 0 Å². The van der Waals surface area contributed by atoms with Crippen molar-refractivity contribution in [2.45, 2.75) is 51.1 Å². The van der Waals surface area contributed by atoms with E-state index in [1.54, 1.807) is 36.4 Å². The molecule has 1 atom stereocenters. The Labute approximate surface area is 266 Å². The Hall–Kier alpha value is -4.63. The molecule has 0 fully saturated rings. The summed E-state index contributed by atoms with van der Waals surface area (Å²) in [6, 6.07) is 29.5. The molecule has 0 radical (unpaired) electrons. The predicted molar refractivity (Wildman–Crippen MR) is 178 cm³/mol. The summed E-state index contributed by atoms with van der Waals surface area (Å²) in [5.74, 6) is -0.361. The predicted octanol–water partition coefficient (Wildman–Crippen LogP) is 5.67. The number of anilines is 1. The lowest BCUT2D eigenvalue weighted by Crippen LogP contribution is -2.53. The zero-order valence-electron chi connectivity index (χ0n) is 26.3. The molecule has 236 valence electrons. The van der Waals surface area contributed by atoms with Crippen molar-refractivity contribution in [1.82, 2.24) is 10.2 Å². The van der Waals surface area contributed by atoms with E-state index in [0.717, 1.165) is 33.0 Å². The maximum atomic E-state index is 14.5. The summed E-state index contributed by atoms with van der Waals surface area (Å²) < 4.78 is 34.8. The molecule has 0 aromatic heterocycles. The SMILES string of the molecule is CCCNC(=O)[C@@H](Cc1ccccc1)N(Cc1cccc(C)c1)C(=O)CN(c1cccc(OC)c1)S(=O)(=O)c1ccc(C)cc1. The van der Waals surface area contributed by atoms with Crippen molar-refractivity contribution in [1.29, 1.82) is 0 Å².